The molecule has 0 aliphatic rings. The van der Waals surface area contributed by atoms with E-state index in [4.69, 9.17) is 27.9 Å². The SMILES string of the molecule is COc1ccc(-c2nc(C)c(-c3ccc(SCC(=O)Nc4cccc(Cl)c4Cl)nn3)s2)cc1. The lowest BCUT2D eigenvalue weighted by molar-refractivity contribution is -0.113. The number of benzene rings is 2. The molecule has 0 saturated heterocycles. The Labute approximate surface area is 209 Å². The highest BCUT2D eigenvalue weighted by molar-refractivity contribution is 7.99. The molecule has 0 fully saturated rings. The molecule has 6 nitrogen and oxygen atoms in total. The fourth-order valence-electron chi connectivity index (χ4n) is 2.94. The molecule has 0 radical (unpaired) electrons. The molecule has 2 aromatic heterocycles. The first-order chi connectivity index (χ1) is 15.9. The third-order valence-electron chi connectivity index (χ3n) is 4.58. The Hall–Kier alpha value is -2.65. The standard InChI is InChI=1S/C23H18Cl2N4O2S2/c1-13-22(33-23(26-13)14-6-8-15(31-2)9-7-14)18-10-11-20(29-28-18)32-12-19(30)27-17-5-3-4-16(24)21(17)25/h3-11H,12H2,1-2H3,(H,27,30). The highest BCUT2D eigenvalue weighted by atomic mass is 35.5. The van der Waals surface area contributed by atoms with Crippen LogP contribution in [0.15, 0.2) is 59.6 Å². The Balaban J connectivity index is 1.40. The van der Waals surface area contributed by atoms with Crippen molar-refractivity contribution in [1.29, 1.82) is 0 Å². The number of ether oxygens (including phenoxy) is 1. The van der Waals surface area contributed by atoms with Crippen molar-refractivity contribution < 1.29 is 9.53 Å². The number of rotatable bonds is 7. The summed E-state index contributed by atoms with van der Waals surface area (Å²) in [5.74, 6) is 0.756. The molecule has 4 rings (SSSR count). The zero-order chi connectivity index (χ0) is 23.4. The zero-order valence-corrected chi connectivity index (χ0v) is 20.8. The van der Waals surface area contributed by atoms with E-state index in [0.717, 1.165) is 32.6 Å². The van der Waals surface area contributed by atoms with Crippen LogP contribution in [-0.4, -0.2) is 34.0 Å². The van der Waals surface area contributed by atoms with Gasteiger partial charge in [0.15, 0.2) is 0 Å². The van der Waals surface area contributed by atoms with Crippen molar-refractivity contribution in [3.05, 3.63) is 70.3 Å². The first-order valence-corrected chi connectivity index (χ1v) is 12.3. The number of aromatic nitrogens is 3. The minimum atomic E-state index is -0.211. The number of aryl methyl sites for hydroxylation is 1. The Morgan fingerprint density at radius 2 is 1.88 bits per heavy atom. The number of anilines is 1. The molecular formula is C23H18Cl2N4O2S2. The molecule has 0 unspecified atom stereocenters. The van der Waals surface area contributed by atoms with Crippen LogP contribution >= 0.6 is 46.3 Å². The molecule has 0 bridgehead atoms. The maximum Gasteiger partial charge on any atom is 0.234 e. The number of thioether (sulfide) groups is 1. The number of hydrogen-bond acceptors (Lipinski definition) is 7. The van der Waals surface area contributed by atoms with Crippen LogP contribution in [0.5, 0.6) is 5.75 Å². The third kappa shape index (κ3) is 5.65. The van der Waals surface area contributed by atoms with Gasteiger partial charge in [0.05, 0.1) is 39.2 Å². The summed E-state index contributed by atoms with van der Waals surface area (Å²) in [5, 5.41) is 13.6. The van der Waals surface area contributed by atoms with Crippen LogP contribution in [0.4, 0.5) is 5.69 Å². The van der Waals surface area contributed by atoms with Gasteiger partial charge in [-0.25, -0.2) is 4.98 Å². The molecule has 4 aromatic rings. The van der Waals surface area contributed by atoms with E-state index in [1.165, 1.54) is 11.8 Å². The first kappa shape index (κ1) is 23.5. The van der Waals surface area contributed by atoms with Crippen molar-refractivity contribution in [2.75, 3.05) is 18.2 Å². The van der Waals surface area contributed by atoms with Crippen LogP contribution in [-0.2, 0) is 4.79 Å². The number of amides is 1. The van der Waals surface area contributed by atoms with Crippen molar-refractivity contribution in [3.8, 4) is 26.9 Å². The van der Waals surface area contributed by atoms with Gasteiger partial charge in [0.1, 0.15) is 21.5 Å². The maximum absolute atomic E-state index is 12.3. The van der Waals surface area contributed by atoms with E-state index >= 15 is 0 Å². The minimum absolute atomic E-state index is 0.165. The van der Waals surface area contributed by atoms with Crippen molar-refractivity contribution in [3.63, 3.8) is 0 Å². The van der Waals surface area contributed by atoms with Gasteiger partial charge in [-0.05, 0) is 55.5 Å². The lowest BCUT2D eigenvalue weighted by Gasteiger charge is -2.07. The molecule has 1 amide bonds. The zero-order valence-electron chi connectivity index (χ0n) is 17.6. The number of carbonyl (C=O) groups is 1. The number of halogens is 2. The molecule has 0 aliphatic heterocycles. The predicted octanol–water partition coefficient (Wildman–Crippen LogP) is 6.62. The minimum Gasteiger partial charge on any atom is -0.497 e. The fraction of sp³-hybridized carbons (Fsp3) is 0.130. The highest BCUT2D eigenvalue weighted by Crippen LogP contribution is 2.35. The Morgan fingerprint density at radius 3 is 2.58 bits per heavy atom. The Bertz CT molecular complexity index is 1280. The van der Waals surface area contributed by atoms with Gasteiger partial charge in [-0.15, -0.1) is 21.5 Å². The number of nitrogens with one attached hydrogen (secondary N) is 1. The van der Waals surface area contributed by atoms with E-state index in [1.54, 1.807) is 36.6 Å². The van der Waals surface area contributed by atoms with Crippen LogP contribution < -0.4 is 10.1 Å². The van der Waals surface area contributed by atoms with Gasteiger partial charge in [-0.1, -0.05) is 41.0 Å². The predicted molar refractivity (Wildman–Crippen MR) is 136 cm³/mol. The molecule has 10 heteroatoms. The van der Waals surface area contributed by atoms with Gasteiger partial charge in [0, 0.05) is 5.56 Å². The van der Waals surface area contributed by atoms with Gasteiger partial charge in [0.25, 0.3) is 0 Å². The van der Waals surface area contributed by atoms with Crippen molar-refractivity contribution in [1.82, 2.24) is 15.2 Å². The summed E-state index contributed by atoms with van der Waals surface area (Å²) >= 11 is 14.9. The van der Waals surface area contributed by atoms with Crippen LogP contribution in [0, 0.1) is 6.92 Å². The Morgan fingerprint density at radius 1 is 1.09 bits per heavy atom. The summed E-state index contributed by atoms with van der Waals surface area (Å²) in [4.78, 5) is 17.9. The third-order valence-corrected chi connectivity index (χ3v) is 7.55. The number of nitrogens with zero attached hydrogens (tertiary/aromatic N) is 3. The van der Waals surface area contributed by atoms with Gasteiger partial charge in [-0.3, -0.25) is 4.79 Å². The van der Waals surface area contributed by atoms with Crippen LogP contribution in [0.25, 0.3) is 21.1 Å². The second kappa shape index (κ2) is 10.5. The molecule has 2 aromatic carbocycles. The summed E-state index contributed by atoms with van der Waals surface area (Å²) in [7, 11) is 1.64. The normalized spacial score (nSPS) is 10.8. The van der Waals surface area contributed by atoms with E-state index in [9.17, 15) is 4.79 Å². The van der Waals surface area contributed by atoms with E-state index < -0.39 is 0 Å². The van der Waals surface area contributed by atoms with Crippen molar-refractivity contribution in [2.24, 2.45) is 0 Å². The number of carbonyl (C=O) groups excluding carboxylic acids is 1. The van der Waals surface area contributed by atoms with Crippen LogP contribution in [0.2, 0.25) is 10.0 Å². The second-order valence-electron chi connectivity index (χ2n) is 6.86. The summed E-state index contributed by atoms with van der Waals surface area (Å²) < 4.78 is 5.22. The summed E-state index contributed by atoms with van der Waals surface area (Å²) in [6.07, 6.45) is 0. The average Bonchev–Trinajstić information content (AvgIpc) is 3.22. The summed E-state index contributed by atoms with van der Waals surface area (Å²) in [5.41, 5.74) is 3.12. The summed E-state index contributed by atoms with van der Waals surface area (Å²) in [6, 6.07) is 16.6. The molecule has 1 N–H and O–H groups in total. The molecule has 0 spiro atoms. The fourth-order valence-corrected chi connectivity index (χ4v) is 4.93. The number of methoxy groups -OCH3 is 1. The molecule has 168 valence electrons. The van der Waals surface area contributed by atoms with Gasteiger partial charge >= 0.3 is 0 Å². The highest BCUT2D eigenvalue weighted by Gasteiger charge is 2.14. The summed E-state index contributed by atoms with van der Waals surface area (Å²) in [6.45, 7) is 1.95. The lowest BCUT2D eigenvalue weighted by Crippen LogP contribution is -2.14. The molecule has 0 atom stereocenters. The maximum atomic E-state index is 12.3. The van der Waals surface area contributed by atoms with Crippen LogP contribution in [0.3, 0.4) is 0 Å². The van der Waals surface area contributed by atoms with Crippen LogP contribution in [0.1, 0.15) is 5.69 Å². The lowest BCUT2D eigenvalue weighted by atomic mass is 10.2. The molecule has 2 heterocycles. The van der Waals surface area contributed by atoms with Crippen molar-refractivity contribution >= 4 is 57.9 Å². The topological polar surface area (TPSA) is 77.0 Å². The molecule has 33 heavy (non-hydrogen) atoms. The quantitative estimate of drug-likeness (QED) is 0.278. The van der Waals surface area contributed by atoms with Gasteiger partial charge < -0.3 is 10.1 Å². The molecule has 0 aliphatic carbocycles. The largest absolute Gasteiger partial charge is 0.497 e. The first-order valence-electron chi connectivity index (χ1n) is 9.77. The van der Waals surface area contributed by atoms with E-state index in [0.29, 0.717) is 20.8 Å². The van der Waals surface area contributed by atoms with Crippen molar-refractivity contribution in [2.45, 2.75) is 11.9 Å². The monoisotopic (exact) mass is 516 g/mol. The molecule has 0 saturated carbocycles. The number of hydrogen-bond donors (Lipinski definition) is 1. The van der Waals surface area contributed by atoms with E-state index in [-0.39, 0.29) is 11.7 Å². The van der Waals surface area contributed by atoms with E-state index in [1.807, 2.05) is 43.3 Å². The second-order valence-corrected chi connectivity index (χ2v) is 9.64. The van der Waals surface area contributed by atoms with Gasteiger partial charge in [0.2, 0.25) is 5.91 Å². The molecular weight excluding hydrogens is 499 g/mol. The number of thiazole rings is 1. The average molecular weight is 517 g/mol. The smallest absolute Gasteiger partial charge is 0.234 e. The van der Waals surface area contributed by atoms with Gasteiger partial charge in [-0.2, -0.15) is 0 Å². The van der Waals surface area contributed by atoms with E-state index in [2.05, 4.69) is 20.5 Å². The Kier molecular flexibility index (Phi) is 7.49.